The third-order valence-electron chi connectivity index (χ3n) is 2.49. The SMILES string of the molecule is CC(C)CN(CC(=O)O)C(=O)C=Cc1cccc(Br)c1. The van der Waals surface area contributed by atoms with E-state index < -0.39 is 5.97 Å². The summed E-state index contributed by atoms with van der Waals surface area (Å²) >= 11 is 3.36. The number of carbonyl (C=O) groups is 2. The molecule has 0 spiro atoms. The molecule has 1 N–H and O–H groups in total. The lowest BCUT2D eigenvalue weighted by atomic mass is 10.2. The Morgan fingerprint density at radius 3 is 2.65 bits per heavy atom. The first kappa shape index (κ1) is 16.4. The van der Waals surface area contributed by atoms with E-state index in [2.05, 4.69) is 15.9 Å². The van der Waals surface area contributed by atoms with Crippen molar-refractivity contribution in [2.75, 3.05) is 13.1 Å². The van der Waals surface area contributed by atoms with Crippen LogP contribution < -0.4 is 0 Å². The van der Waals surface area contributed by atoms with Gasteiger partial charge in [-0.05, 0) is 29.7 Å². The molecule has 1 amide bonds. The minimum absolute atomic E-state index is 0.220. The zero-order valence-corrected chi connectivity index (χ0v) is 13.1. The highest BCUT2D eigenvalue weighted by molar-refractivity contribution is 9.10. The number of carboxylic acids is 1. The molecule has 108 valence electrons. The highest BCUT2D eigenvalue weighted by Crippen LogP contribution is 2.13. The van der Waals surface area contributed by atoms with Crippen LogP contribution in [0, 0.1) is 5.92 Å². The van der Waals surface area contributed by atoms with E-state index in [9.17, 15) is 9.59 Å². The molecule has 0 heterocycles. The number of aliphatic carboxylic acids is 1. The second-order valence-corrected chi connectivity index (χ2v) is 5.81. The lowest BCUT2D eigenvalue weighted by molar-refractivity contribution is -0.143. The van der Waals surface area contributed by atoms with E-state index in [4.69, 9.17) is 5.11 Å². The van der Waals surface area contributed by atoms with Gasteiger partial charge in [0.2, 0.25) is 5.91 Å². The van der Waals surface area contributed by atoms with E-state index in [1.165, 1.54) is 11.0 Å². The molecular formula is C15H18BrNO3. The molecule has 0 aliphatic carbocycles. The number of amides is 1. The molecule has 20 heavy (non-hydrogen) atoms. The van der Waals surface area contributed by atoms with Crippen molar-refractivity contribution < 1.29 is 14.7 Å². The van der Waals surface area contributed by atoms with E-state index in [1.807, 2.05) is 38.1 Å². The van der Waals surface area contributed by atoms with Crippen LogP contribution in [0.3, 0.4) is 0 Å². The fourth-order valence-corrected chi connectivity index (χ4v) is 2.14. The molecule has 4 nitrogen and oxygen atoms in total. The Morgan fingerprint density at radius 2 is 2.10 bits per heavy atom. The molecule has 0 fully saturated rings. The molecule has 5 heteroatoms. The van der Waals surface area contributed by atoms with Crippen LogP contribution in [-0.4, -0.2) is 35.0 Å². The van der Waals surface area contributed by atoms with Crippen LogP contribution in [0.1, 0.15) is 19.4 Å². The van der Waals surface area contributed by atoms with Crippen LogP contribution >= 0.6 is 15.9 Å². The van der Waals surface area contributed by atoms with Gasteiger partial charge >= 0.3 is 5.97 Å². The van der Waals surface area contributed by atoms with Gasteiger partial charge in [-0.25, -0.2) is 0 Å². The normalized spacial score (nSPS) is 11.0. The molecule has 1 rings (SSSR count). The molecule has 0 atom stereocenters. The standard InChI is InChI=1S/C15H18BrNO3/c1-11(2)9-17(10-15(19)20)14(18)7-6-12-4-3-5-13(16)8-12/h3-8,11H,9-10H2,1-2H3,(H,19,20). The second kappa shape index (κ2) is 7.85. The number of benzene rings is 1. The molecule has 0 aliphatic rings. The van der Waals surface area contributed by atoms with Crippen molar-refractivity contribution in [1.82, 2.24) is 4.90 Å². The Balaban J connectivity index is 2.76. The van der Waals surface area contributed by atoms with Crippen molar-refractivity contribution in [3.8, 4) is 0 Å². The quantitative estimate of drug-likeness (QED) is 0.810. The van der Waals surface area contributed by atoms with Gasteiger partial charge in [0.25, 0.3) is 0 Å². The van der Waals surface area contributed by atoms with E-state index in [-0.39, 0.29) is 18.4 Å². The average Bonchev–Trinajstić information content (AvgIpc) is 2.34. The third kappa shape index (κ3) is 6.02. The molecule has 0 unspecified atom stereocenters. The van der Waals surface area contributed by atoms with Crippen LogP contribution in [0.5, 0.6) is 0 Å². The first-order valence-electron chi connectivity index (χ1n) is 6.33. The number of rotatable bonds is 6. The van der Waals surface area contributed by atoms with E-state index >= 15 is 0 Å². The largest absolute Gasteiger partial charge is 0.480 e. The number of carboxylic acid groups (broad SMARTS) is 1. The summed E-state index contributed by atoms with van der Waals surface area (Å²) in [6.45, 7) is 4.04. The lowest BCUT2D eigenvalue weighted by Crippen LogP contribution is -2.37. The molecule has 1 aromatic rings. The summed E-state index contributed by atoms with van der Waals surface area (Å²) in [7, 11) is 0. The predicted molar refractivity (Wildman–Crippen MR) is 82.2 cm³/mol. The number of carbonyl (C=O) groups excluding carboxylic acids is 1. The molecule has 0 aromatic heterocycles. The second-order valence-electron chi connectivity index (χ2n) is 4.89. The summed E-state index contributed by atoms with van der Waals surface area (Å²) in [5.41, 5.74) is 0.882. The third-order valence-corrected chi connectivity index (χ3v) is 2.98. The highest BCUT2D eigenvalue weighted by atomic mass is 79.9. The maximum Gasteiger partial charge on any atom is 0.323 e. The minimum atomic E-state index is -1.00. The van der Waals surface area contributed by atoms with E-state index in [0.29, 0.717) is 6.54 Å². The summed E-state index contributed by atoms with van der Waals surface area (Å²) in [6.07, 6.45) is 3.09. The van der Waals surface area contributed by atoms with Crippen molar-refractivity contribution >= 4 is 33.9 Å². The highest BCUT2D eigenvalue weighted by Gasteiger charge is 2.15. The summed E-state index contributed by atoms with van der Waals surface area (Å²) in [5, 5.41) is 8.84. The average molecular weight is 340 g/mol. The fraction of sp³-hybridized carbons (Fsp3) is 0.333. The predicted octanol–water partition coefficient (Wildman–Crippen LogP) is 3.03. The van der Waals surface area contributed by atoms with Gasteiger partial charge in [-0.1, -0.05) is 41.9 Å². The lowest BCUT2D eigenvalue weighted by Gasteiger charge is -2.21. The monoisotopic (exact) mass is 339 g/mol. The van der Waals surface area contributed by atoms with Crippen LogP contribution in [0.4, 0.5) is 0 Å². The molecule has 1 aromatic carbocycles. The Labute approximate surface area is 127 Å². The maximum atomic E-state index is 12.0. The number of nitrogens with zero attached hydrogens (tertiary/aromatic N) is 1. The van der Waals surface area contributed by atoms with Crippen molar-refractivity contribution in [2.24, 2.45) is 5.92 Å². The van der Waals surface area contributed by atoms with E-state index in [0.717, 1.165) is 10.0 Å². The minimum Gasteiger partial charge on any atom is -0.480 e. The zero-order chi connectivity index (χ0) is 15.1. The molecule has 0 saturated carbocycles. The Hall–Kier alpha value is -1.62. The van der Waals surface area contributed by atoms with Gasteiger partial charge in [-0.15, -0.1) is 0 Å². The fourth-order valence-electron chi connectivity index (χ4n) is 1.72. The Morgan fingerprint density at radius 1 is 1.40 bits per heavy atom. The maximum absolute atomic E-state index is 12.0. The van der Waals surface area contributed by atoms with Gasteiger partial charge in [0.15, 0.2) is 0 Å². The first-order valence-corrected chi connectivity index (χ1v) is 7.12. The molecular weight excluding hydrogens is 322 g/mol. The summed E-state index contributed by atoms with van der Waals surface area (Å²) < 4.78 is 0.927. The molecule has 0 saturated heterocycles. The van der Waals surface area contributed by atoms with Gasteiger partial charge in [-0.3, -0.25) is 9.59 Å². The molecule has 0 bridgehead atoms. The van der Waals surface area contributed by atoms with Gasteiger partial charge in [0.1, 0.15) is 6.54 Å². The Kier molecular flexibility index (Phi) is 6.45. The zero-order valence-electron chi connectivity index (χ0n) is 11.5. The summed E-state index contributed by atoms with van der Waals surface area (Å²) in [4.78, 5) is 24.2. The van der Waals surface area contributed by atoms with Gasteiger partial charge < -0.3 is 10.0 Å². The van der Waals surface area contributed by atoms with E-state index in [1.54, 1.807) is 6.08 Å². The van der Waals surface area contributed by atoms with Gasteiger partial charge in [0.05, 0.1) is 0 Å². The Bertz CT molecular complexity index is 512. The van der Waals surface area contributed by atoms with Crippen LogP contribution in [0.25, 0.3) is 6.08 Å². The summed E-state index contributed by atoms with van der Waals surface area (Å²) in [5.74, 6) is -1.08. The van der Waals surface area contributed by atoms with Gasteiger partial charge in [-0.2, -0.15) is 0 Å². The topological polar surface area (TPSA) is 57.6 Å². The van der Waals surface area contributed by atoms with Crippen molar-refractivity contribution in [1.29, 1.82) is 0 Å². The van der Waals surface area contributed by atoms with Crippen molar-refractivity contribution in [2.45, 2.75) is 13.8 Å². The van der Waals surface area contributed by atoms with Crippen molar-refractivity contribution in [3.05, 3.63) is 40.4 Å². The van der Waals surface area contributed by atoms with Crippen molar-refractivity contribution in [3.63, 3.8) is 0 Å². The molecule has 0 aliphatic heterocycles. The van der Waals surface area contributed by atoms with Gasteiger partial charge in [0, 0.05) is 17.1 Å². The number of hydrogen-bond acceptors (Lipinski definition) is 2. The summed E-state index contributed by atoms with van der Waals surface area (Å²) in [6, 6.07) is 7.53. The first-order chi connectivity index (χ1) is 9.38. The molecule has 0 radical (unpaired) electrons. The smallest absolute Gasteiger partial charge is 0.323 e. The van der Waals surface area contributed by atoms with Crippen LogP contribution in [-0.2, 0) is 9.59 Å². The number of halogens is 1. The van der Waals surface area contributed by atoms with Crippen LogP contribution in [0.2, 0.25) is 0 Å². The number of hydrogen-bond donors (Lipinski definition) is 1. The van der Waals surface area contributed by atoms with Crippen LogP contribution in [0.15, 0.2) is 34.8 Å².